The van der Waals surface area contributed by atoms with Crippen LogP contribution in [0.2, 0.25) is 0 Å². The van der Waals surface area contributed by atoms with E-state index in [-0.39, 0.29) is 5.82 Å². The van der Waals surface area contributed by atoms with Crippen molar-refractivity contribution in [3.8, 4) is 0 Å². The Bertz CT molecular complexity index is 275. The van der Waals surface area contributed by atoms with E-state index >= 15 is 0 Å². The van der Waals surface area contributed by atoms with E-state index in [1.807, 2.05) is 51.2 Å². The van der Waals surface area contributed by atoms with E-state index in [9.17, 15) is 4.39 Å². The van der Waals surface area contributed by atoms with Crippen LogP contribution in [-0.4, -0.2) is 0 Å². The molecule has 0 heterocycles. The highest BCUT2D eigenvalue weighted by Crippen LogP contribution is 2.31. The Hall–Kier alpha value is 1.57. The Morgan fingerprint density at radius 3 is 1.82 bits per heavy atom. The van der Waals surface area contributed by atoms with E-state index in [0.717, 1.165) is 8.95 Å². The SMILES string of the molecule is Fc1c(I)c(Br)cc(Br)c1I. The van der Waals surface area contributed by atoms with Crippen LogP contribution < -0.4 is 0 Å². The maximum atomic E-state index is 13.2. The van der Waals surface area contributed by atoms with Crippen LogP contribution in [0.25, 0.3) is 0 Å². The zero-order valence-corrected chi connectivity index (χ0v) is 12.5. The molecule has 5 heteroatoms. The fourth-order valence-corrected chi connectivity index (χ4v) is 3.02. The summed E-state index contributed by atoms with van der Waals surface area (Å²) in [5.41, 5.74) is 0. The van der Waals surface area contributed by atoms with Gasteiger partial charge in [-0.05, 0) is 83.1 Å². The summed E-state index contributed by atoms with van der Waals surface area (Å²) in [6, 6.07) is 1.84. The molecular formula is C6HBr2FI2. The average Bonchev–Trinajstić information content (AvgIpc) is 1.97. The maximum absolute atomic E-state index is 13.2. The Balaban J connectivity index is 3.46. The molecule has 0 bridgehead atoms. The molecule has 0 aromatic heterocycles. The van der Waals surface area contributed by atoms with Gasteiger partial charge in [-0.1, -0.05) is 0 Å². The van der Waals surface area contributed by atoms with Gasteiger partial charge >= 0.3 is 0 Å². The number of hydrogen-bond acceptors (Lipinski definition) is 0. The quantitative estimate of drug-likeness (QED) is 0.276. The lowest BCUT2D eigenvalue weighted by Crippen LogP contribution is -1.89. The number of hydrogen-bond donors (Lipinski definition) is 0. The molecule has 0 spiro atoms. The smallest absolute Gasteiger partial charge is 0.152 e. The molecule has 0 aliphatic heterocycles. The van der Waals surface area contributed by atoms with Crippen LogP contribution in [0.3, 0.4) is 0 Å². The molecule has 0 aliphatic carbocycles. The summed E-state index contributed by atoms with van der Waals surface area (Å²) in [5.74, 6) is -0.174. The Morgan fingerprint density at radius 1 is 1.09 bits per heavy atom. The van der Waals surface area contributed by atoms with Crippen molar-refractivity contribution in [1.29, 1.82) is 0 Å². The summed E-state index contributed by atoms with van der Waals surface area (Å²) >= 11 is 10.4. The van der Waals surface area contributed by atoms with Crippen molar-refractivity contribution in [2.24, 2.45) is 0 Å². The lowest BCUT2D eigenvalue weighted by atomic mass is 10.4. The van der Waals surface area contributed by atoms with Crippen molar-refractivity contribution in [2.75, 3.05) is 0 Å². The molecule has 1 aromatic carbocycles. The molecule has 0 radical (unpaired) electrons. The van der Waals surface area contributed by atoms with Gasteiger partial charge in [0, 0.05) is 8.95 Å². The van der Waals surface area contributed by atoms with Crippen LogP contribution in [0.1, 0.15) is 0 Å². The van der Waals surface area contributed by atoms with E-state index in [4.69, 9.17) is 0 Å². The highest BCUT2D eigenvalue weighted by atomic mass is 127. The first-order valence-electron chi connectivity index (χ1n) is 2.52. The molecular weight excluding hydrogens is 505 g/mol. The molecule has 0 saturated heterocycles. The summed E-state index contributed by atoms with van der Waals surface area (Å²) in [6.07, 6.45) is 0. The van der Waals surface area contributed by atoms with Crippen molar-refractivity contribution < 1.29 is 4.39 Å². The molecule has 0 atom stereocenters. The van der Waals surface area contributed by atoms with Gasteiger partial charge in [0.1, 0.15) is 0 Å². The monoisotopic (exact) mass is 504 g/mol. The average molecular weight is 506 g/mol. The molecule has 1 rings (SSSR count). The predicted molar refractivity (Wildman–Crippen MR) is 67.2 cm³/mol. The minimum absolute atomic E-state index is 0.174. The zero-order chi connectivity index (χ0) is 8.59. The molecule has 0 amide bonds. The molecule has 0 fully saturated rings. The first-order valence-corrected chi connectivity index (χ1v) is 6.27. The number of rotatable bonds is 0. The van der Waals surface area contributed by atoms with Gasteiger partial charge in [0.2, 0.25) is 0 Å². The first kappa shape index (κ1) is 10.6. The predicted octanol–water partition coefficient (Wildman–Crippen LogP) is 4.56. The summed E-state index contributed by atoms with van der Waals surface area (Å²) in [5, 5.41) is 0. The van der Waals surface area contributed by atoms with Gasteiger partial charge in [-0.15, -0.1) is 0 Å². The van der Waals surface area contributed by atoms with E-state index in [0.29, 0.717) is 7.14 Å². The summed E-state index contributed by atoms with van der Waals surface area (Å²) in [4.78, 5) is 0. The molecule has 0 N–H and O–H groups in total. The van der Waals surface area contributed by atoms with Crippen LogP contribution in [-0.2, 0) is 0 Å². The number of benzene rings is 1. The normalized spacial score (nSPS) is 10.3. The highest BCUT2D eigenvalue weighted by Gasteiger charge is 2.11. The Morgan fingerprint density at radius 2 is 1.45 bits per heavy atom. The van der Waals surface area contributed by atoms with Crippen molar-refractivity contribution in [3.05, 3.63) is 28.0 Å². The molecule has 0 saturated carbocycles. The van der Waals surface area contributed by atoms with Crippen molar-refractivity contribution in [1.82, 2.24) is 0 Å². The van der Waals surface area contributed by atoms with Crippen LogP contribution in [0.15, 0.2) is 15.0 Å². The van der Waals surface area contributed by atoms with Gasteiger partial charge in [-0.2, -0.15) is 0 Å². The second-order valence-corrected chi connectivity index (χ2v) is 5.65. The standard InChI is InChI=1S/C6HBr2FI2/c7-2-1-3(8)6(11)4(9)5(2)10/h1H. The zero-order valence-electron chi connectivity index (χ0n) is 4.97. The van der Waals surface area contributed by atoms with Crippen LogP contribution in [0.5, 0.6) is 0 Å². The summed E-state index contributed by atoms with van der Waals surface area (Å²) in [7, 11) is 0. The van der Waals surface area contributed by atoms with Crippen LogP contribution in [0, 0.1) is 13.0 Å². The van der Waals surface area contributed by atoms with Gasteiger partial charge in [0.05, 0.1) is 7.14 Å². The molecule has 1 aromatic rings. The van der Waals surface area contributed by atoms with Gasteiger partial charge in [-0.25, -0.2) is 4.39 Å². The highest BCUT2D eigenvalue weighted by molar-refractivity contribution is 14.1. The van der Waals surface area contributed by atoms with Gasteiger partial charge in [-0.3, -0.25) is 0 Å². The van der Waals surface area contributed by atoms with Gasteiger partial charge < -0.3 is 0 Å². The van der Waals surface area contributed by atoms with Crippen LogP contribution in [0.4, 0.5) is 4.39 Å². The van der Waals surface area contributed by atoms with Gasteiger partial charge in [0.25, 0.3) is 0 Å². The topological polar surface area (TPSA) is 0 Å². The molecule has 11 heavy (non-hydrogen) atoms. The van der Waals surface area contributed by atoms with Crippen molar-refractivity contribution in [2.45, 2.75) is 0 Å². The van der Waals surface area contributed by atoms with E-state index in [2.05, 4.69) is 31.9 Å². The molecule has 0 nitrogen and oxygen atoms in total. The third-order valence-electron chi connectivity index (χ3n) is 1.06. The van der Waals surface area contributed by atoms with Crippen molar-refractivity contribution >= 4 is 77.0 Å². The Labute approximate surface area is 108 Å². The molecule has 60 valence electrons. The van der Waals surface area contributed by atoms with Gasteiger partial charge in [0.15, 0.2) is 5.82 Å². The molecule has 0 unspecified atom stereocenters. The van der Waals surface area contributed by atoms with Crippen molar-refractivity contribution in [3.63, 3.8) is 0 Å². The minimum atomic E-state index is -0.174. The fourth-order valence-electron chi connectivity index (χ4n) is 0.544. The maximum Gasteiger partial charge on any atom is 0.152 e. The minimum Gasteiger partial charge on any atom is -0.205 e. The van der Waals surface area contributed by atoms with E-state index in [1.165, 1.54) is 0 Å². The second kappa shape index (κ2) is 4.19. The third-order valence-corrected chi connectivity index (χ3v) is 5.90. The lowest BCUT2D eigenvalue weighted by Gasteiger charge is -2.02. The summed E-state index contributed by atoms with van der Waals surface area (Å²) in [6.45, 7) is 0. The Kier molecular flexibility index (Phi) is 4.05. The largest absolute Gasteiger partial charge is 0.205 e. The third kappa shape index (κ3) is 2.28. The lowest BCUT2D eigenvalue weighted by molar-refractivity contribution is 0.610. The van der Waals surface area contributed by atoms with Crippen LogP contribution >= 0.6 is 77.0 Å². The van der Waals surface area contributed by atoms with E-state index in [1.54, 1.807) is 0 Å². The fraction of sp³-hybridized carbons (Fsp3) is 0. The first-order chi connectivity index (χ1) is 5.04. The summed E-state index contributed by atoms with van der Waals surface area (Å²) < 4.78 is 16.0. The molecule has 0 aliphatic rings. The van der Waals surface area contributed by atoms with E-state index < -0.39 is 0 Å². The second-order valence-electron chi connectivity index (χ2n) is 1.78. The number of halogens is 5.